The van der Waals surface area contributed by atoms with Crippen LogP contribution >= 0.6 is 11.6 Å². The van der Waals surface area contributed by atoms with Crippen LogP contribution in [-0.2, 0) is 0 Å². The molecule has 0 bridgehead atoms. The number of nitrogens with one attached hydrogen (secondary N) is 1. The third kappa shape index (κ3) is 3.20. The fourth-order valence-electron chi connectivity index (χ4n) is 1.67. The summed E-state index contributed by atoms with van der Waals surface area (Å²) in [5, 5.41) is 14.0. The predicted molar refractivity (Wildman–Crippen MR) is 64.3 cm³/mol. The quantitative estimate of drug-likeness (QED) is 0.829. The van der Waals surface area contributed by atoms with Gasteiger partial charge in [-0.05, 0) is 43.7 Å². The van der Waals surface area contributed by atoms with Gasteiger partial charge in [-0.3, -0.25) is 0 Å². The number of aliphatic hydroxyl groups is 1. The van der Waals surface area contributed by atoms with Gasteiger partial charge >= 0.3 is 0 Å². The molecular formula is C12H18ClNO. The number of rotatable bonds is 4. The van der Waals surface area contributed by atoms with Crippen molar-refractivity contribution in [2.24, 2.45) is 0 Å². The maximum Gasteiger partial charge on any atom is 0.0942 e. The van der Waals surface area contributed by atoms with Crippen LogP contribution in [0.25, 0.3) is 0 Å². The summed E-state index contributed by atoms with van der Waals surface area (Å²) in [7, 11) is 0. The first-order valence-corrected chi connectivity index (χ1v) is 5.61. The van der Waals surface area contributed by atoms with Crippen LogP contribution < -0.4 is 5.32 Å². The Labute approximate surface area is 96.3 Å². The van der Waals surface area contributed by atoms with E-state index in [2.05, 4.69) is 5.32 Å². The average Bonchev–Trinajstić information content (AvgIpc) is 2.17. The second-order valence-electron chi connectivity index (χ2n) is 3.79. The van der Waals surface area contributed by atoms with E-state index in [1.807, 2.05) is 39.0 Å². The second-order valence-corrected chi connectivity index (χ2v) is 4.23. The van der Waals surface area contributed by atoms with E-state index in [0.29, 0.717) is 5.02 Å². The molecule has 1 rings (SSSR count). The molecule has 0 spiro atoms. The Morgan fingerprint density at radius 3 is 2.67 bits per heavy atom. The molecule has 0 amide bonds. The van der Waals surface area contributed by atoms with Crippen LogP contribution in [0, 0.1) is 6.92 Å². The summed E-state index contributed by atoms with van der Waals surface area (Å²) >= 11 is 5.87. The summed E-state index contributed by atoms with van der Waals surface area (Å²) in [5.41, 5.74) is 1.97. The summed E-state index contributed by atoms with van der Waals surface area (Å²) in [6.45, 7) is 6.81. The van der Waals surface area contributed by atoms with Gasteiger partial charge < -0.3 is 10.4 Å². The molecule has 0 fully saturated rings. The number of likely N-dealkylation sites (N-methyl/N-ethyl adjacent to an activating group) is 1. The van der Waals surface area contributed by atoms with Crippen molar-refractivity contribution in [3.63, 3.8) is 0 Å². The van der Waals surface area contributed by atoms with Gasteiger partial charge in [0.2, 0.25) is 0 Å². The Morgan fingerprint density at radius 2 is 2.13 bits per heavy atom. The molecule has 2 N–H and O–H groups in total. The van der Waals surface area contributed by atoms with E-state index in [1.165, 1.54) is 0 Å². The average molecular weight is 228 g/mol. The molecule has 0 aliphatic rings. The normalized spacial score (nSPS) is 15.0. The molecule has 15 heavy (non-hydrogen) atoms. The van der Waals surface area contributed by atoms with Crippen molar-refractivity contribution in [1.29, 1.82) is 0 Å². The Kier molecular flexibility index (Phi) is 4.58. The number of aliphatic hydroxyl groups excluding tert-OH is 1. The van der Waals surface area contributed by atoms with Gasteiger partial charge in [-0.25, -0.2) is 0 Å². The minimum absolute atomic E-state index is 0.0508. The molecule has 0 saturated heterocycles. The molecule has 0 heterocycles. The number of hydrogen-bond donors (Lipinski definition) is 2. The summed E-state index contributed by atoms with van der Waals surface area (Å²) in [6.07, 6.45) is -0.484. The maximum absolute atomic E-state index is 10.1. The summed E-state index contributed by atoms with van der Waals surface area (Å²) in [6, 6.07) is 5.62. The molecule has 3 heteroatoms. The van der Waals surface area contributed by atoms with Crippen LogP contribution in [0.15, 0.2) is 18.2 Å². The smallest absolute Gasteiger partial charge is 0.0942 e. The molecule has 84 valence electrons. The zero-order valence-corrected chi connectivity index (χ0v) is 10.2. The lowest BCUT2D eigenvalue weighted by molar-refractivity contribution is 0.136. The van der Waals surface area contributed by atoms with Crippen molar-refractivity contribution in [2.75, 3.05) is 6.54 Å². The van der Waals surface area contributed by atoms with E-state index in [9.17, 15) is 5.11 Å². The minimum atomic E-state index is -0.484. The van der Waals surface area contributed by atoms with E-state index in [4.69, 9.17) is 11.6 Å². The highest BCUT2D eigenvalue weighted by atomic mass is 35.5. The molecule has 0 saturated carbocycles. The molecule has 1 aromatic carbocycles. The highest BCUT2D eigenvalue weighted by Crippen LogP contribution is 2.23. The third-order valence-corrected chi connectivity index (χ3v) is 2.79. The fourth-order valence-corrected chi connectivity index (χ4v) is 1.90. The molecule has 2 nitrogen and oxygen atoms in total. The molecule has 0 radical (unpaired) electrons. The standard InChI is InChI=1S/C12H18ClNO/c1-4-14-9(3)12(15)11-6-5-10(13)7-8(11)2/h5-7,9,12,14-15H,4H2,1-3H3. The van der Waals surface area contributed by atoms with E-state index >= 15 is 0 Å². The van der Waals surface area contributed by atoms with E-state index < -0.39 is 6.10 Å². The summed E-state index contributed by atoms with van der Waals surface area (Å²) < 4.78 is 0. The topological polar surface area (TPSA) is 32.3 Å². The van der Waals surface area contributed by atoms with Crippen LogP contribution in [0.4, 0.5) is 0 Å². The lowest BCUT2D eigenvalue weighted by Gasteiger charge is -2.21. The lowest BCUT2D eigenvalue weighted by atomic mass is 9.99. The Bertz CT molecular complexity index is 327. The molecular weight excluding hydrogens is 210 g/mol. The van der Waals surface area contributed by atoms with Gasteiger partial charge in [0, 0.05) is 11.1 Å². The Hall–Kier alpha value is -0.570. The zero-order valence-electron chi connectivity index (χ0n) is 9.42. The maximum atomic E-state index is 10.1. The van der Waals surface area contributed by atoms with Gasteiger partial charge in [-0.15, -0.1) is 0 Å². The minimum Gasteiger partial charge on any atom is -0.387 e. The van der Waals surface area contributed by atoms with Crippen molar-refractivity contribution in [1.82, 2.24) is 5.32 Å². The molecule has 0 aromatic heterocycles. The van der Waals surface area contributed by atoms with E-state index in [-0.39, 0.29) is 6.04 Å². The van der Waals surface area contributed by atoms with Crippen molar-refractivity contribution in [2.45, 2.75) is 32.9 Å². The monoisotopic (exact) mass is 227 g/mol. The predicted octanol–water partition coefficient (Wildman–Crippen LogP) is 2.68. The summed E-state index contributed by atoms with van der Waals surface area (Å²) in [4.78, 5) is 0. The van der Waals surface area contributed by atoms with Crippen LogP contribution in [0.3, 0.4) is 0 Å². The second kappa shape index (κ2) is 5.50. The van der Waals surface area contributed by atoms with Gasteiger partial charge in [0.25, 0.3) is 0 Å². The van der Waals surface area contributed by atoms with E-state index in [0.717, 1.165) is 17.7 Å². The first-order valence-electron chi connectivity index (χ1n) is 5.23. The third-order valence-electron chi connectivity index (χ3n) is 2.55. The van der Waals surface area contributed by atoms with Crippen LogP contribution in [0.5, 0.6) is 0 Å². The van der Waals surface area contributed by atoms with Crippen LogP contribution in [0.2, 0.25) is 5.02 Å². The number of hydrogen-bond acceptors (Lipinski definition) is 2. The largest absolute Gasteiger partial charge is 0.387 e. The highest BCUT2D eigenvalue weighted by Gasteiger charge is 2.16. The van der Waals surface area contributed by atoms with Crippen molar-refractivity contribution in [3.05, 3.63) is 34.3 Å². The molecule has 0 aliphatic heterocycles. The van der Waals surface area contributed by atoms with Gasteiger partial charge in [-0.2, -0.15) is 0 Å². The van der Waals surface area contributed by atoms with Crippen molar-refractivity contribution < 1.29 is 5.11 Å². The van der Waals surface area contributed by atoms with E-state index in [1.54, 1.807) is 0 Å². The summed E-state index contributed by atoms with van der Waals surface area (Å²) in [5.74, 6) is 0. The molecule has 1 aromatic rings. The Balaban J connectivity index is 2.86. The van der Waals surface area contributed by atoms with Gasteiger partial charge in [0.15, 0.2) is 0 Å². The van der Waals surface area contributed by atoms with Gasteiger partial charge in [0.1, 0.15) is 0 Å². The van der Waals surface area contributed by atoms with Crippen molar-refractivity contribution >= 4 is 11.6 Å². The van der Waals surface area contributed by atoms with Crippen LogP contribution in [0.1, 0.15) is 31.1 Å². The lowest BCUT2D eigenvalue weighted by Crippen LogP contribution is -2.32. The zero-order chi connectivity index (χ0) is 11.4. The SMILES string of the molecule is CCNC(C)C(O)c1ccc(Cl)cc1C. The molecule has 0 aliphatic carbocycles. The number of benzene rings is 1. The first-order chi connectivity index (χ1) is 7.06. The van der Waals surface area contributed by atoms with Gasteiger partial charge in [-0.1, -0.05) is 24.6 Å². The van der Waals surface area contributed by atoms with Crippen molar-refractivity contribution in [3.8, 4) is 0 Å². The molecule has 2 atom stereocenters. The fraction of sp³-hybridized carbons (Fsp3) is 0.500. The Morgan fingerprint density at radius 1 is 1.47 bits per heavy atom. The first kappa shape index (κ1) is 12.5. The molecule has 2 unspecified atom stereocenters. The van der Waals surface area contributed by atoms with Crippen LogP contribution in [-0.4, -0.2) is 17.7 Å². The van der Waals surface area contributed by atoms with Gasteiger partial charge in [0.05, 0.1) is 6.10 Å². The number of halogens is 1. The number of aryl methyl sites for hydroxylation is 1. The highest BCUT2D eigenvalue weighted by molar-refractivity contribution is 6.30.